The van der Waals surface area contributed by atoms with Crippen LogP contribution in [-0.2, 0) is 4.79 Å². The number of amides is 4. The number of urea groups is 1. The molecule has 8 nitrogen and oxygen atoms in total. The highest BCUT2D eigenvalue weighted by atomic mass is 32.1. The van der Waals surface area contributed by atoms with Crippen LogP contribution in [0.5, 0.6) is 0 Å². The van der Waals surface area contributed by atoms with Gasteiger partial charge in [0, 0.05) is 28.5 Å². The third-order valence-electron chi connectivity index (χ3n) is 3.77. The number of benzene rings is 2. The second kappa shape index (κ2) is 9.47. The molecule has 0 unspecified atom stereocenters. The molecule has 0 saturated heterocycles. The van der Waals surface area contributed by atoms with E-state index in [1.807, 2.05) is 25.1 Å². The van der Waals surface area contributed by atoms with Gasteiger partial charge in [-0.1, -0.05) is 12.1 Å². The minimum atomic E-state index is -0.472. The van der Waals surface area contributed by atoms with E-state index in [0.29, 0.717) is 22.1 Å². The van der Waals surface area contributed by atoms with Crippen LogP contribution in [0.1, 0.15) is 15.9 Å². The Bertz CT molecular complexity index is 1000. The zero-order valence-electron chi connectivity index (χ0n) is 15.6. The molecule has 0 bridgehead atoms. The van der Waals surface area contributed by atoms with Gasteiger partial charge in [0.15, 0.2) is 5.13 Å². The summed E-state index contributed by atoms with van der Waals surface area (Å²) in [6, 6.07) is 13.3. The van der Waals surface area contributed by atoms with E-state index in [0.717, 1.165) is 5.56 Å². The van der Waals surface area contributed by atoms with Crippen LogP contribution >= 0.6 is 11.3 Å². The Morgan fingerprint density at radius 2 is 1.76 bits per heavy atom. The molecule has 0 radical (unpaired) electrons. The van der Waals surface area contributed by atoms with E-state index < -0.39 is 6.03 Å². The van der Waals surface area contributed by atoms with Crippen LogP contribution in [0.3, 0.4) is 0 Å². The van der Waals surface area contributed by atoms with E-state index >= 15 is 0 Å². The number of hydrogen-bond acceptors (Lipinski definition) is 5. The highest BCUT2D eigenvalue weighted by Crippen LogP contribution is 2.14. The second-order valence-electron chi connectivity index (χ2n) is 6.09. The molecule has 0 aliphatic rings. The van der Waals surface area contributed by atoms with Gasteiger partial charge in [-0.05, 0) is 48.9 Å². The first-order valence-corrected chi connectivity index (χ1v) is 9.60. The molecule has 3 rings (SSSR count). The summed E-state index contributed by atoms with van der Waals surface area (Å²) in [4.78, 5) is 40.0. The third-order valence-corrected chi connectivity index (χ3v) is 4.46. The van der Waals surface area contributed by atoms with Crippen LogP contribution in [0.4, 0.5) is 21.3 Å². The Kier molecular flexibility index (Phi) is 6.54. The molecule has 9 heteroatoms. The molecule has 4 amide bonds. The average molecular weight is 409 g/mol. The number of nitrogens with one attached hydrogen (secondary N) is 4. The predicted molar refractivity (Wildman–Crippen MR) is 113 cm³/mol. The molecule has 0 spiro atoms. The Labute approximate surface area is 171 Å². The first kappa shape index (κ1) is 20.0. The van der Waals surface area contributed by atoms with E-state index in [1.165, 1.54) is 11.3 Å². The highest BCUT2D eigenvalue weighted by Gasteiger charge is 2.09. The number of rotatable bonds is 6. The summed E-state index contributed by atoms with van der Waals surface area (Å²) >= 11 is 1.33. The number of carbonyl (C=O) groups is 3. The molecule has 0 aliphatic heterocycles. The molecule has 1 aromatic heterocycles. The zero-order chi connectivity index (χ0) is 20.6. The van der Waals surface area contributed by atoms with Crippen LogP contribution in [0.15, 0.2) is 60.1 Å². The van der Waals surface area contributed by atoms with Gasteiger partial charge >= 0.3 is 6.03 Å². The molecular weight excluding hydrogens is 390 g/mol. The average Bonchev–Trinajstić information content (AvgIpc) is 3.20. The maximum Gasteiger partial charge on any atom is 0.319 e. The van der Waals surface area contributed by atoms with Crippen LogP contribution in [0.25, 0.3) is 0 Å². The Hall–Kier alpha value is -3.72. The minimum absolute atomic E-state index is 0.191. The smallest absolute Gasteiger partial charge is 0.319 e. The SMILES string of the molecule is Cc1cccc(NC(=O)NCC(=O)Nc2ccc(C(=O)Nc3nccs3)cc2)c1. The lowest BCUT2D eigenvalue weighted by atomic mass is 10.2. The van der Waals surface area contributed by atoms with Crippen molar-refractivity contribution in [1.82, 2.24) is 10.3 Å². The van der Waals surface area contributed by atoms with Crippen molar-refractivity contribution in [2.45, 2.75) is 6.92 Å². The van der Waals surface area contributed by atoms with Gasteiger partial charge in [-0.15, -0.1) is 11.3 Å². The van der Waals surface area contributed by atoms with Gasteiger partial charge in [0.2, 0.25) is 5.91 Å². The fourth-order valence-electron chi connectivity index (χ4n) is 2.42. The lowest BCUT2D eigenvalue weighted by Gasteiger charge is -2.09. The first-order valence-electron chi connectivity index (χ1n) is 8.72. The number of aryl methyl sites for hydroxylation is 1. The maximum atomic E-state index is 12.1. The molecule has 0 saturated carbocycles. The van der Waals surface area contributed by atoms with E-state index in [-0.39, 0.29) is 18.4 Å². The molecular formula is C20H19N5O3S. The van der Waals surface area contributed by atoms with Gasteiger partial charge < -0.3 is 16.0 Å². The van der Waals surface area contributed by atoms with Crippen molar-refractivity contribution in [2.24, 2.45) is 0 Å². The summed E-state index contributed by atoms with van der Waals surface area (Å²) in [5.74, 6) is -0.670. The summed E-state index contributed by atoms with van der Waals surface area (Å²) in [6.45, 7) is 1.73. The Morgan fingerprint density at radius 3 is 2.45 bits per heavy atom. The number of thiazole rings is 1. The number of anilines is 3. The van der Waals surface area contributed by atoms with Crippen LogP contribution in [0, 0.1) is 6.92 Å². The van der Waals surface area contributed by atoms with Crippen LogP contribution in [-0.4, -0.2) is 29.4 Å². The van der Waals surface area contributed by atoms with Crippen molar-refractivity contribution in [3.63, 3.8) is 0 Å². The zero-order valence-corrected chi connectivity index (χ0v) is 16.4. The first-order chi connectivity index (χ1) is 14.0. The van der Waals surface area contributed by atoms with Gasteiger partial charge in [-0.25, -0.2) is 9.78 Å². The molecule has 1 heterocycles. The Balaban J connectivity index is 1.45. The number of hydrogen-bond donors (Lipinski definition) is 4. The summed E-state index contributed by atoms with van der Waals surface area (Å²) in [6.07, 6.45) is 1.61. The van der Waals surface area contributed by atoms with E-state index in [9.17, 15) is 14.4 Å². The highest BCUT2D eigenvalue weighted by molar-refractivity contribution is 7.13. The van der Waals surface area contributed by atoms with Crippen molar-refractivity contribution in [1.29, 1.82) is 0 Å². The normalized spacial score (nSPS) is 10.1. The van der Waals surface area contributed by atoms with E-state index in [4.69, 9.17) is 0 Å². The summed E-state index contributed by atoms with van der Waals surface area (Å²) < 4.78 is 0. The fourth-order valence-corrected chi connectivity index (χ4v) is 2.95. The molecule has 148 valence electrons. The molecule has 0 aliphatic carbocycles. The van der Waals surface area contributed by atoms with Crippen LogP contribution in [0.2, 0.25) is 0 Å². The topological polar surface area (TPSA) is 112 Å². The van der Waals surface area contributed by atoms with Crippen LogP contribution < -0.4 is 21.3 Å². The Morgan fingerprint density at radius 1 is 0.966 bits per heavy atom. The molecule has 2 aromatic carbocycles. The van der Waals surface area contributed by atoms with Crippen molar-refractivity contribution >= 4 is 45.7 Å². The minimum Gasteiger partial charge on any atom is -0.329 e. The number of carbonyl (C=O) groups excluding carboxylic acids is 3. The second-order valence-corrected chi connectivity index (χ2v) is 6.99. The van der Waals surface area contributed by atoms with Gasteiger partial charge in [0.05, 0.1) is 6.54 Å². The number of aromatic nitrogens is 1. The lowest BCUT2D eigenvalue weighted by molar-refractivity contribution is -0.115. The van der Waals surface area contributed by atoms with E-state index in [1.54, 1.807) is 41.9 Å². The quantitative estimate of drug-likeness (QED) is 0.499. The monoisotopic (exact) mass is 409 g/mol. The molecule has 4 N–H and O–H groups in total. The molecule has 3 aromatic rings. The molecule has 0 atom stereocenters. The third kappa shape index (κ3) is 6.15. The van der Waals surface area contributed by atoms with Gasteiger partial charge in [0.25, 0.3) is 5.91 Å². The summed E-state index contributed by atoms with van der Waals surface area (Å²) in [7, 11) is 0. The maximum absolute atomic E-state index is 12.1. The molecule has 29 heavy (non-hydrogen) atoms. The number of nitrogens with zero attached hydrogens (tertiary/aromatic N) is 1. The van der Waals surface area contributed by atoms with Crippen molar-refractivity contribution < 1.29 is 14.4 Å². The molecule has 0 fully saturated rings. The van der Waals surface area contributed by atoms with Crippen molar-refractivity contribution in [3.05, 3.63) is 71.2 Å². The van der Waals surface area contributed by atoms with Crippen molar-refractivity contribution in [3.8, 4) is 0 Å². The standard InChI is InChI=1S/C20H19N5O3S/c1-13-3-2-4-16(11-13)24-19(28)22-12-17(26)23-15-7-5-14(6-8-15)18(27)25-20-21-9-10-29-20/h2-11H,12H2,1H3,(H,23,26)(H,21,25,27)(H2,22,24,28). The largest absolute Gasteiger partial charge is 0.329 e. The summed E-state index contributed by atoms with van der Waals surface area (Å²) in [5, 5.41) is 12.8. The van der Waals surface area contributed by atoms with Gasteiger partial charge in [0.1, 0.15) is 0 Å². The van der Waals surface area contributed by atoms with E-state index in [2.05, 4.69) is 26.3 Å². The lowest BCUT2D eigenvalue weighted by Crippen LogP contribution is -2.35. The predicted octanol–water partition coefficient (Wildman–Crippen LogP) is 3.46. The fraction of sp³-hybridized carbons (Fsp3) is 0.100. The summed E-state index contributed by atoms with van der Waals surface area (Å²) in [5.41, 5.74) is 2.62. The van der Waals surface area contributed by atoms with Gasteiger partial charge in [-0.3, -0.25) is 14.9 Å². The van der Waals surface area contributed by atoms with Crippen molar-refractivity contribution in [2.75, 3.05) is 22.5 Å². The van der Waals surface area contributed by atoms with Gasteiger partial charge in [-0.2, -0.15) is 0 Å².